The second-order valence-corrected chi connectivity index (χ2v) is 3.62. The van der Waals surface area contributed by atoms with Crippen LogP contribution in [0.2, 0.25) is 0 Å². The lowest BCUT2D eigenvalue weighted by atomic mass is 10.1. The fourth-order valence-corrected chi connectivity index (χ4v) is 1.57. The molecule has 1 aromatic carbocycles. The van der Waals surface area contributed by atoms with Gasteiger partial charge in [0.2, 0.25) is 0 Å². The van der Waals surface area contributed by atoms with Gasteiger partial charge in [0, 0.05) is 0 Å². The van der Waals surface area contributed by atoms with E-state index < -0.39 is 6.10 Å². The van der Waals surface area contributed by atoms with Gasteiger partial charge in [0.05, 0.1) is 5.69 Å². The average molecular weight is 206 g/mol. The number of fused-ring (bicyclic) bond motifs is 1. The van der Waals surface area contributed by atoms with Crippen LogP contribution in [0.15, 0.2) is 18.2 Å². The van der Waals surface area contributed by atoms with Gasteiger partial charge in [-0.1, -0.05) is 6.07 Å². The van der Waals surface area contributed by atoms with Crippen LogP contribution >= 0.6 is 0 Å². The summed E-state index contributed by atoms with van der Waals surface area (Å²) in [5.74, 6) is 0.627. The number of amides is 1. The fraction of sp³-hybridized carbons (Fsp3) is 0.364. The van der Waals surface area contributed by atoms with E-state index in [0.29, 0.717) is 6.54 Å². The van der Waals surface area contributed by atoms with Crippen molar-refractivity contribution in [3.8, 4) is 5.75 Å². The number of carbonyl (C=O) groups excluding carboxylic acids is 1. The Morgan fingerprint density at radius 1 is 1.53 bits per heavy atom. The zero-order valence-corrected chi connectivity index (χ0v) is 8.62. The molecule has 1 aliphatic rings. The molecule has 15 heavy (non-hydrogen) atoms. The number of nitrogens with two attached hydrogens (primary N) is 1. The van der Waals surface area contributed by atoms with Crippen LogP contribution in [-0.4, -0.2) is 18.6 Å². The molecule has 0 fully saturated rings. The summed E-state index contributed by atoms with van der Waals surface area (Å²) in [5, 5.41) is 2.78. The number of carbonyl (C=O) groups is 1. The third kappa shape index (κ3) is 1.94. The van der Waals surface area contributed by atoms with Crippen LogP contribution in [0.1, 0.15) is 12.5 Å². The van der Waals surface area contributed by atoms with Crippen LogP contribution in [0.25, 0.3) is 0 Å². The Kier molecular flexibility index (Phi) is 2.60. The third-order valence-corrected chi connectivity index (χ3v) is 2.41. The van der Waals surface area contributed by atoms with Crippen molar-refractivity contribution in [3.63, 3.8) is 0 Å². The van der Waals surface area contributed by atoms with Crippen molar-refractivity contribution in [2.24, 2.45) is 5.73 Å². The molecule has 4 heteroatoms. The van der Waals surface area contributed by atoms with Crippen LogP contribution < -0.4 is 15.8 Å². The molecule has 1 heterocycles. The first-order valence-electron chi connectivity index (χ1n) is 5.01. The molecule has 3 N–H and O–H groups in total. The van der Waals surface area contributed by atoms with Gasteiger partial charge >= 0.3 is 0 Å². The molecular weight excluding hydrogens is 192 g/mol. The van der Waals surface area contributed by atoms with Crippen LogP contribution in [0.4, 0.5) is 5.69 Å². The van der Waals surface area contributed by atoms with E-state index in [1.165, 1.54) is 0 Å². The summed E-state index contributed by atoms with van der Waals surface area (Å²) in [4.78, 5) is 11.3. The number of benzene rings is 1. The maximum Gasteiger partial charge on any atom is 0.265 e. The lowest BCUT2D eigenvalue weighted by molar-refractivity contribution is -0.122. The predicted molar refractivity (Wildman–Crippen MR) is 57.9 cm³/mol. The first kappa shape index (κ1) is 9.98. The SMILES string of the molecule is CC1Oc2cc(CCN)ccc2NC1=O. The molecule has 0 saturated heterocycles. The monoisotopic (exact) mass is 206 g/mol. The number of nitrogens with one attached hydrogen (secondary N) is 1. The average Bonchev–Trinajstić information content (AvgIpc) is 2.21. The van der Waals surface area contributed by atoms with Crippen LogP contribution in [0, 0.1) is 0 Å². The second-order valence-electron chi connectivity index (χ2n) is 3.62. The summed E-state index contributed by atoms with van der Waals surface area (Å²) in [5.41, 5.74) is 7.34. The molecule has 1 atom stereocenters. The molecule has 0 aliphatic carbocycles. The maximum atomic E-state index is 11.3. The van der Waals surface area contributed by atoms with E-state index in [0.717, 1.165) is 23.4 Å². The van der Waals surface area contributed by atoms with E-state index in [-0.39, 0.29) is 5.91 Å². The molecule has 2 rings (SSSR count). The van der Waals surface area contributed by atoms with Gasteiger partial charge in [-0.3, -0.25) is 4.79 Å². The molecule has 0 spiro atoms. The minimum atomic E-state index is -0.425. The highest BCUT2D eigenvalue weighted by Gasteiger charge is 2.23. The molecule has 0 saturated carbocycles. The van der Waals surface area contributed by atoms with E-state index >= 15 is 0 Å². The van der Waals surface area contributed by atoms with E-state index in [1.807, 2.05) is 18.2 Å². The summed E-state index contributed by atoms with van der Waals surface area (Å²) in [6, 6.07) is 5.73. The normalized spacial score (nSPS) is 19.1. The first-order valence-corrected chi connectivity index (χ1v) is 5.01. The second kappa shape index (κ2) is 3.90. The molecule has 80 valence electrons. The number of hydrogen-bond donors (Lipinski definition) is 2. The molecule has 0 aromatic heterocycles. The highest BCUT2D eigenvalue weighted by molar-refractivity contribution is 5.97. The topological polar surface area (TPSA) is 64.3 Å². The fourth-order valence-electron chi connectivity index (χ4n) is 1.57. The van der Waals surface area contributed by atoms with Crippen molar-refractivity contribution < 1.29 is 9.53 Å². The lowest BCUT2D eigenvalue weighted by Crippen LogP contribution is -2.34. The number of anilines is 1. The van der Waals surface area contributed by atoms with E-state index in [9.17, 15) is 4.79 Å². The van der Waals surface area contributed by atoms with Gasteiger partial charge < -0.3 is 15.8 Å². The zero-order valence-electron chi connectivity index (χ0n) is 8.62. The van der Waals surface area contributed by atoms with Crippen molar-refractivity contribution in [3.05, 3.63) is 23.8 Å². The number of rotatable bonds is 2. The van der Waals surface area contributed by atoms with E-state index in [1.54, 1.807) is 6.92 Å². The van der Waals surface area contributed by atoms with Gasteiger partial charge in [0.25, 0.3) is 5.91 Å². The first-order chi connectivity index (χ1) is 7.20. The molecule has 1 unspecified atom stereocenters. The van der Waals surface area contributed by atoms with E-state index in [2.05, 4.69) is 5.32 Å². The van der Waals surface area contributed by atoms with Crippen molar-refractivity contribution in [2.75, 3.05) is 11.9 Å². The van der Waals surface area contributed by atoms with Crippen molar-refractivity contribution in [1.82, 2.24) is 0 Å². The van der Waals surface area contributed by atoms with Gasteiger partial charge in [-0.05, 0) is 37.6 Å². The van der Waals surface area contributed by atoms with Crippen molar-refractivity contribution in [1.29, 1.82) is 0 Å². The Bertz CT molecular complexity index is 390. The molecule has 1 aromatic rings. The highest BCUT2D eigenvalue weighted by Crippen LogP contribution is 2.30. The molecule has 0 radical (unpaired) electrons. The van der Waals surface area contributed by atoms with Crippen molar-refractivity contribution in [2.45, 2.75) is 19.4 Å². The maximum absolute atomic E-state index is 11.3. The summed E-state index contributed by atoms with van der Waals surface area (Å²) in [6.45, 7) is 2.34. The molecular formula is C11H14N2O2. The number of hydrogen-bond acceptors (Lipinski definition) is 3. The van der Waals surface area contributed by atoms with E-state index in [4.69, 9.17) is 10.5 Å². The van der Waals surface area contributed by atoms with Gasteiger partial charge in [-0.25, -0.2) is 0 Å². The largest absolute Gasteiger partial charge is 0.479 e. The summed E-state index contributed by atoms with van der Waals surface area (Å²) in [6.07, 6.45) is 0.393. The molecule has 1 amide bonds. The Labute approximate surface area is 88.4 Å². The van der Waals surface area contributed by atoms with Gasteiger partial charge in [-0.2, -0.15) is 0 Å². The molecule has 4 nitrogen and oxygen atoms in total. The van der Waals surface area contributed by atoms with Gasteiger partial charge in [0.1, 0.15) is 5.75 Å². The van der Waals surface area contributed by atoms with Gasteiger partial charge in [0.15, 0.2) is 6.10 Å². The van der Waals surface area contributed by atoms with Gasteiger partial charge in [-0.15, -0.1) is 0 Å². The third-order valence-electron chi connectivity index (χ3n) is 2.41. The zero-order chi connectivity index (χ0) is 10.8. The summed E-state index contributed by atoms with van der Waals surface area (Å²) >= 11 is 0. The lowest BCUT2D eigenvalue weighted by Gasteiger charge is -2.23. The Morgan fingerprint density at radius 3 is 3.07 bits per heavy atom. The van der Waals surface area contributed by atoms with Crippen molar-refractivity contribution >= 4 is 11.6 Å². The standard InChI is InChI=1S/C11H14N2O2/c1-7-11(14)13-9-3-2-8(4-5-12)6-10(9)15-7/h2-3,6-7H,4-5,12H2,1H3,(H,13,14). The predicted octanol–water partition coefficient (Wildman–Crippen LogP) is 0.907. The minimum absolute atomic E-state index is 0.103. The van der Waals surface area contributed by atoms with Crippen LogP contribution in [0.3, 0.4) is 0 Å². The Balaban J connectivity index is 2.29. The number of ether oxygens (including phenoxy) is 1. The highest BCUT2D eigenvalue weighted by atomic mass is 16.5. The van der Waals surface area contributed by atoms with Crippen LogP contribution in [0.5, 0.6) is 5.75 Å². The quantitative estimate of drug-likeness (QED) is 0.755. The molecule has 0 bridgehead atoms. The molecule has 1 aliphatic heterocycles. The smallest absolute Gasteiger partial charge is 0.265 e. The summed E-state index contributed by atoms with van der Waals surface area (Å²) in [7, 11) is 0. The minimum Gasteiger partial charge on any atom is -0.479 e. The summed E-state index contributed by atoms with van der Waals surface area (Å²) < 4.78 is 5.48. The van der Waals surface area contributed by atoms with Crippen LogP contribution in [-0.2, 0) is 11.2 Å². The Hall–Kier alpha value is -1.55. The Morgan fingerprint density at radius 2 is 2.33 bits per heavy atom.